The van der Waals surface area contributed by atoms with Gasteiger partial charge < -0.3 is 14.5 Å². The van der Waals surface area contributed by atoms with Crippen molar-refractivity contribution in [2.24, 2.45) is 0 Å². The van der Waals surface area contributed by atoms with Crippen molar-refractivity contribution in [3.8, 4) is 0 Å². The largest absolute Gasteiger partial charge is 0.467 e. The normalized spacial score (nSPS) is 10.6. The minimum atomic E-state index is 0.560. The van der Waals surface area contributed by atoms with Crippen LogP contribution >= 0.6 is 0 Å². The first kappa shape index (κ1) is 14.0. The molecule has 3 heteroatoms. The number of hydrogen-bond acceptors (Lipinski definition) is 3. The standard InChI is InChI=1S/C14H23NO2/c1-3-5-6-8-16-12-14-9-13(11-17-14)10-15-7-4-2/h3,9,11,15H,1,4-8,10,12H2,2H3. The lowest BCUT2D eigenvalue weighted by atomic mass is 10.3. The second-order valence-electron chi connectivity index (χ2n) is 4.08. The van der Waals surface area contributed by atoms with E-state index in [1.54, 1.807) is 6.26 Å². The third-order valence-electron chi connectivity index (χ3n) is 2.41. The fourth-order valence-electron chi connectivity index (χ4n) is 1.51. The first-order valence-corrected chi connectivity index (χ1v) is 6.32. The lowest BCUT2D eigenvalue weighted by molar-refractivity contribution is 0.104. The summed E-state index contributed by atoms with van der Waals surface area (Å²) in [6.07, 6.45) is 6.88. The van der Waals surface area contributed by atoms with Gasteiger partial charge >= 0.3 is 0 Å². The Hall–Kier alpha value is -1.06. The minimum absolute atomic E-state index is 0.560. The van der Waals surface area contributed by atoms with E-state index in [0.717, 1.165) is 44.7 Å². The Morgan fingerprint density at radius 3 is 3.18 bits per heavy atom. The third-order valence-corrected chi connectivity index (χ3v) is 2.41. The molecule has 3 nitrogen and oxygen atoms in total. The second kappa shape index (κ2) is 9.02. The predicted octanol–water partition coefficient (Wildman–Crippen LogP) is 3.26. The predicted molar refractivity (Wildman–Crippen MR) is 69.8 cm³/mol. The van der Waals surface area contributed by atoms with Gasteiger partial charge in [0.1, 0.15) is 12.4 Å². The summed E-state index contributed by atoms with van der Waals surface area (Å²) in [4.78, 5) is 0. The summed E-state index contributed by atoms with van der Waals surface area (Å²) >= 11 is 0. The summed E-state index contributed by atoms with van der Waals surface area (Å²) in [6, 6.07) is 2.05. The maximum absolute atomic E-state index is 5.50. The molecule has 0 aliphatic heterocycles. The molecule has 0 bridgehead atoms. The monoisotopic (exact) mass is 237 g/mol. The molecule has 1 aromatic heterocycles. The molecule has 0 fully saturated rings. The third kappa shape index (κ3) is 6.29. The van der Waals surface area contributed by atoms with Crippen LogP contribution in [-0.2, 0) is 17.9 Å². The molecule has 17 heavy (non-hydrogen) atoms. The summed E-state index contributed by atoms with van der Waals surface area (Å²) in [5.74, 6) is 0.900. The Morgan fingerprint density at radius 1 is 1.53 bits per heavy atom. The van der Waals surface area contributed by atoms with Crippen LogP contribution in [0.5, 0.6) is 0 Å². The zero-order valence-corrected chi connectivity index (χ0v) is 10.7. The van der Waals surface area contributed by atoms with E-state index in [1.807, 2.05) is 6.08 Å². The molecule has 96 valence electrons. The molecule has 1 heterocycles. The van der Waals surface area contributed by atoms with Crippen molar-refractivity contribution in [2.75, 3.05) is 13.2 Å². The van der Waals surface area contributed by atoms with Crippen molar-refractivity contribution in [1.82, 2.24) is 5.32 Å². The maximum atomic E-state index is 5.50. The fraction of sp³-hybridized carbons (Fsp3) is 0.571. The molecule has 0 saturated carbocycles. The number of furan rings is 1. The van der Waals surface area contributed by atoms with E-state index in [9.17, 15) is 0 Å². The van der Waals surface area contributed by atoms with Gasteiger partial charge in [0.05, 0.1) is 6.26 Å². The number of hydrogen-bond donors (Lipinski definition) is 1. The van der Waals surface area contributed by atoms with Crippen LogP contribution < -0.4 is 5.32 Å². The first-order valence-electron chi connectivity index (χ1n) is 6.32. The molecule has 0 saturated heterocycles. The van der Waals surface area contributed by atoms with E-state index in [4.69, 9.17) is 9.15 Å². The van der Waals surface area contributed by atoms with E-state index in [2.05, 4.69) is 24.9 Å². The zero-order valence-electron chi connectivity index (χ0n) is 10.7. The first-order chi connectivity index (χ1) is 8.36. The van der Waals surface area contributed by atoms with Gasteiger partial charge in [-0.25, -0.2) is 0 Å². The highest BCUT2D eigenvalue weighted by atomic mass is 16.5. The van der Waals surface area contributed by atoms with Gasteiger partial charge in [-0.3, -0.25) is 0 Å². The van der Waals surface area contributed by atoms with Gasteiger partial charge in [0.2, 0.25) is 0 Å². The molecule has 0 spiro atoms. The lowest BCUT2D eigenvalue weighted by Gasteiger charge is -1.99. The molecule has 0 aliphatic rings. The maximum Gasteiger partial charge on any atom is 0.129 e. The van der Waals surface area contributed by atoms with Crippen molar-refractivity contribution < 1.29 is 9.15 Å². The van der Waals surface area contributed by atoms with E-state index in [1.165, 1.54) is 5.56 Å². The molecule has 1 aromatic rings. The van der Waals surface area contributed by atoms with Gasteiger partial charge in [-0.2, -0.15) is 0 Å². The van der Waals surface area contributed by atoms with Crippen molar-refractivity contribution in [2.45, 2.75) is 39.3 Å². The molecule has 0 atom stereocenters. The van der Waals surface area contributed by atoms with Crippen molar-refractivity contribution >= 4 is 0 Å². The summed E-state index contributed by atoms with van der Waals surface area (Å²) in [7, 11) is 0. The number of unbranched alkanes of at least 4 members (excludes halogenated alkanes) is 1. The average molecular weight is 237 g/mol. The highest BCUT2D eigenvalue weighted by Gasteiger charge is 2.01. The van der Waals surface area contributed by atoms with Gasteiger partial charge in [0.15, 0.2) is 0 Å². The van der Waals surface area contributed by atoms with Gasteiger partial charge in [-0.15, -0.1) is 6.58 Å². The van der Waals surface area contributed by atoms with E-state index >= 15 is 0 Å². The van der Waals surface area contributed by atoms with Crippen molar-refractivity contribution in [1.29, 1.82) is 0 Å². The van der Waals surface area contributed by atoms with Gasteiger partial charge in [-0.1, -0.05) is 13.0 Å². The average Bonchev–Trinajstić information content (AvgIpc) is 2.77. The minimum Gasteiger partial charge on any atom is -0.467 e. The van der Waals surface area contributed by atoms with E-state index in [0.29, 0.717) is 6.61 Å². The van der Waals surface area contributed by atoms with Crippen LogP contribution in [0.25, 0.3) is 0 Å². The Kier molecular flexibility index (Phi) is 7.43. The molecule has 1 N–H and O–H groups in total. The molecule has 0 amide bonds. The smallest absolute Gasteiger partial charge is 0.129 e. The molecule has 0 radical (unpaired) electrons. The Balaban J connectivity index is 2.14. The molecule has 0 aromatic carbocycles. The molecule has 0 unspecified atom stereocenters. The Labute approximate surface area is 104 Å². The zero-order chi connectivity index (χ0) is 12.3. The summed E-state index contributed by atoms with van der Waals surface area (Å²) in [6.45, 7) is 9.06. The van der Waals surface area contributed by atoms with Crippen LogP contribution in [0.3, 0.4) is 0 Å². The molecule has 1 rings (SSSR count). The fourth-order valence-corrected chi connectivity index (χ4v) is 1.51. The van der Waals surface area contributed by atoms with Crippen LogP contribution in [0, 0.1) is 0 Å². The number of nitrogens with one attached hydrogen (secondary N) is 1. The van der Waals surface area contributed by atoms with Crippen molar-refractivity contribution in [3.63, 3.8) is 0 Å². The highest BCUT2D eigenvalue weighted by Crippen LogP contribution is 2.09. The SMILES string of the molecule is C=CCCCOCc1cc(CNCCC)co1. The number of rotatable bonds is 10. The Bertz CT molecular complexity index is 307. The second-order valence-corrected chi connectivity index (χ2v) is 4.08. The summed E-state index contributed by atoms with van der Waals surface area (Å²) in [5, 5.41) is 3.34. The highest BCUT2D eigenvalue weighted by molar-refractivity contribution is 5.11. The van der Waals surface area contributed by atoms with Crippen LogP contribution in [-0.4, -0.2) is 13.2 Å². The van der Waals surface area contributed by atoms with Crippen LogP contribution in [0.1, 0.15) is 37.5 Å². The Morgan fingerprint density at radius 2 is 2.41 bits per heavy atom. The van der Waals surface area contributed by atoms with Crippen LogP contribution in [0.2, 0.25) is 0 Å². The molecule has 0 aliphatic carbocycles. The van der Waals surface area contributed by atoms with Gasteiger partial charge in [0, 0.05) is 18.7 Å². The van der Waals surface area contributed by atoms with Gasteiger partial charge in [0.25, 0.3) is 0 Å². The van der Waals surface area contributed by atoms with Crippen LogP contribution in [0.4, 0.5) is 0 Å². The number of allylic oxidation sites excluding steroid dienone is 1. The summed E-state index contributed by atoms with van der Waals surface area (Å²) < 4.78 is 10.9. The van der Waals surface area contributed by atoms with Crippen LogP contribution in [0.15, 0.2) is 29.4 Å². The topological polar surface area (TPSA) is 34.4 Å². The summed E-state index contributed by atoms with van der Waals surface area (Å²) in [5.41, 5.74) is 1.18. The number of ether oxygens (including phenoxy) is 1. The van der Waals surface area contributed by atoms with Crippen molar-refractivity contribution in [3.05, 3.63) is 36.3 Å². The lowest BCUT2D eigenvalue weighted by Crippen LogP contribution is -2.13. The molecular weight excluding hydrogens is 214 g/mol. The van der Waals surface area contributed by atoms with Gasteiger partial charge in [-0.05, 0) is 31.9 Å². The van der Waals surface area contributed by atoms with E-state index in [-0.39, 0.29) is 0 Å². The quantitative estimate of drug-likeness (QED) is 0.501. The van der Waals surface area contributed by atoms with E-state index < -0.39 is 0 Å². The molecular formula is C14H23NO2.